The maximum atomic E-state index is 13.9. The highest BCUT2D eigenvalue weighted by Crippen LogP contribution is 2.37. The van der Waals surface area contributed by atoms with E-state index in [0.29, 0.717) is 11.1 Å². The molecule has 7 heteroatoms. The van der Waals surface area contributed by atoms with Crippen molar-refractivity contribution < 1.29 is 4.79 Å². The second-order valence-electron chi connectivity index (χ2n) is 9.06. The molecule has 1 amide bonds. The predicted octanol–water partition coefficient (Wildman–Crippen LogP) is 5.93. The first kappa shape index (κ1) is 23.8. The van der Waals surface area contributed by atoms with Crippen molar-refractivity contribution in [2.45, 2.75) is 50.7 Å². The summed E-state index contributed by atoms with van der Waals surface area (Å²) in [6, 6.07) is 19.4. The molecule has 2 atom stereocenters. The van der Waals surface area contributed by atoms with E-state index in [1.54, 1.807) is 15.9 Å². The lowest BCUT2D eigenvalue weighted by atomic mass is 9.86. The van der Waals surface area contributed by atoms with Crippen molar-refractivity contribution in [2.24, 2.45) is 5.92 Å². The topological polar surface area (TPSA) is 64.0 Å². The maximum Gasteiger partial charge on any atom is 0.267 e. The summed E-state index contributed by atoms with van der Waals surface area (Å²) < 4.78 is 1.68. The van der Waals surface area contributed by atoms with Crippen LogP contribution >= 0.6 is 23.1 Å². The SMILES string of the molecule is CC[C@H]1CCc2c(sc3nc(SCC(=O)N[C@H](C)c4ccccc4)n(-c4ccccc4)c(=O)c23)C1. The lowest BCUT2D eigenvalue weighted by molar-refractivity contribution is -0.119. The van der Waals surface area contributed by atoms with E-state index in [2.05, 4.69) is 12.2 Å². The summed E-state index contributed by atoms with van der Waals surface area (Å²) in [5.41, 5.74) is 2.98. The summed E-state index contributed by atoms with van der Waals surface area (Å²) in [6.45, 7) is 4.21. The molecule has 4 aromatic rings. The Hall–Kier alpha value is -2.90. The van der Waals surface area contributed by atoms with Gasteiger partial charge in [0.05, 0.1) is 22.9 Å². The van der Waals surface area contributed by atoms with Crippen molar-refractivity contribution in [3.63, 3.8) is 0 Å². The quantitative estimate of drug-likeness (QED) is 0.251. The highest BCUT2D eigenvalue weighted by molar-refractivity contribution is 7.99. The van der Waals surface area contributed by atoms with Crippen molar-refractivity contribution in [1.29, 1.82) is 0 Å². The van der Waals surface area contributed by atoms with Crippen LogP contribution in [0.4, 0.5) is 0 Å². The van der Waals surface area contributed by atoms with Gasteiger partial charge in [-0.2, -0.15) is 0 Å². The van der Waals surface area contributed by atoms with Crippen LogP contribution in [0.25, 0.3) is 15.9 Å². The molecule has 2 heterocycles. The lowest BCUT2D eigenvalue weighted by Crippen LogP contribution is -2.29. The molecule has 2 aromatic heterocycles. The van der Waals surface area contributed by atoms with Gasteiger partial charge in [0.1, 0.15) is 4.83 Å². The molecule has 0 fully saturated rings. The third kappa shape index (κ3) is 4.93. The third-order valence-corrected chi connectivity index (χ3v) is 8.84. The minimum Gasteiger partial charge on any atom is -0.349 e. The highest BCUT2D eigenvalue weighted by atomic mass is 32.2. The Morgan fingerprint density at radius 3 is 2.60 bits per heavy atom. The van der Waals surface area contributed by atoms with E-state index >= 15 is 0 Å². The molecule has 1 N–H and O–H groups in total. The van der Waals surface area contributed by atoms with E-state index in [4.69, 9.17) is 4.98 Å². The first-order chi connectivity index (χ1) is 17.0. The van der Waals surface area contributed by atoms with Crippen LogP contribution in [0, 0.1) is 5.92 Å². The number of nitrogens with zero attached hydrogens (tertiary/aromatic N) is 2. The van der Waals surface area contributed by atoms with Gasteiger partial charge >= 0.3 is 0 Å². The zero-order valence-electron chi connectivity index (χ0n) is 20.0. The molecule has 2 aromatic carbocycles. The second kappa shape index (κ2) is 10.4. The number of hydrogen-bond donors (Lipinski definition) is 1. The Kier molecular flexibility index (Phi) is 7.07. The van der Waals surface area contributed by atoms with Gasteiger partial charge in [-0.25, -0.2) is 4.98 Å². The molecule has 0 aliphatic heterocycles. The smallest absolute Gasteiger partial charge is 0.267 e. The minimum absolute atomic E-state index is 0.0331. The normalized spacial score (nSPS) is 16.1. The number of aryl methyl sites for hydroxylation is 1. The molecule has 5 nitrogen and oxygen atoms in total. The fourth-order valence-corrected chi connectivity index (χ4v) is 6.96. The van der Waals surface area contributed by atoms with E-state index in [9.17, 15) is 9.59 Å². The molecule has 1 aliphatic rings. The molecule has 0 spiro atoms. The van der Waals surface area contributed by atoms with Crippen LogP contribution < -0.4 is 10.9 Å². The maximum absolute atomic E-state index is 13.9. The molecule has 5 rings (SSSR count). The Morgan fingerprint density at radius 2 is 1.89 bits per heavy atom. The van der Waals surface area contributed by atoms with E-state index < -0.39 is 0 Å². The highest BCUT2D eigenvalue weighted by Gasteiger charge is 2.26. The van der Waals surface area contributed by atoms with E-state index in [0.717, 1.165) is 47.2 Å². The van der Waals surface area contributed by atoms with Gasteiger partial charge in [0, 0.05) is 4.88 Å². The summed E-state index contributed by atoms with van der Waals surface area (Å²) in [4.78, 5) is 33.7. The fourth-order valence-electron chi connectivity index (χ4n) is 4.76. The molecule has 1 aliphatic carbocycles. The number of aromatic nitrogens is 2. The number of amides is 1. The van der Waals surface area contributed by atoms with Crippen molar-refractivity contribution in [3.05, 3.63) is 87.0 Å². The monoisotopic (exact) mass is 503 g/mol. The Bertz CT molecular complexity index is 1400. The molecule has 0 radical (unpaired) electrons. The summed E-state index contributed by atoms with van der Waals surface area (Å²) >= 11 is 2.97. The van der Waals surface area contributed by atoms with Gasteiger partial charge in [-0.05, 0) is 55.4 Å². The first-order valence-corrected chi connectivity index (χ1v) is 13.9. The zero-order valence-corrected chi connectivity index (χ0v) is 21.6. The van der Waals surface area contributed by atoms with Crippen LogP contribution in [0.1, 0.15) is 48.7 Å². The zero-order chi connectivity index (χ0) is 24.4. The fraction of sp³-hybridized carbons (Fsp3) is 0.321. The lowest BCUT2D eigenvalue weighted by Gasteiger charge is -2.20. The van der Waals surface area contributed by atoms with E-state index in [-0.39, 0.29) is 23.3 Å². The number of fused-ring (bicyclic) bond motifs is 3. The van der Waals surface area contributed by atoms with Gasteiger partial charge in [-0.3, -0.25) is 14.2 Å². The Labute approximate surface area is 213 Å². The Morgan fingerprint density at radius 1 is 1.17 bits per heavy atom. The summed E-state index contributed by atoms with van der Waals surface area (Å²) in [7, 11) is 0. The van der Waals surface area contributed by atoms with Crippen LogP contribution in [-0.2, 0) is 17.6 Å². The van der Waals surface area contributed by atoms with Gasteiger partial charge in [0.15, 0.2) is 5.16 Å². The number of nitrogens with one attached hydrogen (secondary N) is 1. The number of hydrogen-bond acceptors (Lipinski definition) is 5. The average molecular weight is 504 g/mol. The first-order valence-electron chi connectivity index (χ1n) is 12.1. The number of rotatable bonds is 7. The molecular formula is C28H29N3O2S2. The largest absolute Gasteiger partial charge is 0.349 e. The van der Waals surface area contributed by atoms with Crippen molar-refractivity contribution in [3.8, 4) is 5.69 Å². The summed E-state index contributed by atoms with van der Waals surface area (Å²) in [6.07, 6.45) is 4.25. The second-order valence-corrected chi connectivity index (χ2v) is 11.1. The molecule has 35 heavy (non-hydrogen) atoms. The van der Waals surface area contributed by atoms with Gasteiger partial charge in [0.2, 0.25) is 5.91 Å². The molecule has 0 bridgehead atoms. The van der Waals surface area contributed by atoms with Crippen LogP contribution in [-0.4, -0.2) is 21.2 Å². The van der Waals surface area contributed by atoms with Crippen LogP contribution in [0.3, 0.4) is 0 Å². The van der Waals surface area contributed by atoms with Crippen molar-refractivity contribution in [2.75, 3.05) is 5.75 Å². The number of carbonyl (C=O) groups is 1. The summed E-state index contributed by atoms with van der Waals surface area (Å²) in [5, 5.41) is 4.37. The van der Waals surface area contributed by atoms with Gasteiger partial charge < -0.3 is 5.32 Å². The predicted molar refractivity (Wildman–Crippen MR) is 145 cm³/mol. The van der Waals surface area contributed by atoms with Crippen molar-refractivity contribution in [1.82, 2.24) is 14.9 Å². The molecule has 0 saturated carbocycles. The molecular weight excluding hydrogens is 474 g/mol. The van der Waals surface area contributed by atoms with E-state index in [1.807, 2.05) is 67.6 Å². The van der Waals surface area contributed by atoms with Gasteiger partial charge in [-0.15, -0.1) is 11.3 Å². The van der Waals surface area contributed by atoms with Gasteiger partial charge in [0.25, 0.3) is 5.56 Å². The van der Waals surface area contributed by atoms with Crippen LogP contribution in [0.5, 0.6) is 0 Å². The van der Waals surface area contributed by atoms with Crippen LogP contribution in [0.2, 0.25) is 0 Å². The minimum atomic E-state index is -0.0911. The number of benzene rings is 2. The number of thioether (sulfide) groups is 1. The van der Waals surface area contributed by atoms with Crippen molar-refractivity contribution >= 4 is 39.2 Å². The van der Waals surface area contributed by atoms with E-state index in [1.165, 1.54) is 22.2 Å². The number of thiophene rings is 1. The molecule has 0 unspecified atom stereocenters. The third-order valence-electron chi connectivity index (χ3n) is 6.76. The van der Waals surface area contributed by atoms with Crippen LogP contribution in [0.15, 0.2) is 70.6 Å². The Balaban J connectivity index is 1.47. The average Bonchev–Trinajstić information content (AvgIpc) is 3.26. The number of para-hydroxylation sites is 1. The standard InChI is InChI=1S/C28H29N3O2S2/c1-3-19-14-15-22-23(16-19)35-26-25(22)27(33)31(21-12-8-5-9-13-21)28(30-26)34-17-24(32)29-18(2)20-10-6-4-7-11-20/h4-13,18-19H,3,14-17H2,1-2H3,(H,29,32)/t18-,19+/m1/s1. The summed E-state index contributed by atoms with van der Waals surface area (Å²) in [5.74, 6) is 0.776. The number of carbonyl (C=O) groups excluding carboxylic acids is 1. The van der Waals surface area contributed by atoms with Gasteiger partial charge in [-0.1, -0.05) is 73.6 Å². The molecule has 0 saturated heterocycles. The molecule has 180 valence electrons.